The van der Waals surface area contributed by atoms with E-state index in [1.54, 1.807) is 0 Å². The van der Waals surface area contributed by atoms with Gasteiger partial charge in [-0.2, -0.15) is 0 Å². The summed E-state index contributed by atoms with van der Waals surface area (Å²) in [7, 11) is 1.29. The maximum atomic E-state index is 11.6. The molecule has 0 bridgehead atoms. The second kappa shape index (κ2) is 8.13. The monoisotopic (exact) mass is 265 g/mol. The van der Waals surface area contributed by atoms with E-state index >= 15 is 0 Å². The Labute approximate surface area is 112 Å². The first-order valence-electron chi connectivity index (χ1n) is 6.22. The van der Waals surface area contributed by atoms with Crippen LogP contribution in [0.4, 0.5) is 4.79 Å². The topological polar surface area (TPSA) is 64.6 Å². The minimum atomic E-state index is -0.654. The first-order valence-corrected chi connectivity index (χ1v) is 6.22. The van der Waals surface area contributed by atoms with Crippen molar-refractivity contribution in [2.45, 2.75) is 32.4 Å². The van der Waals surface area contributed by atoms with Crippen LogP contribution in [0.2, 0.25) is 0 Å². The number of carbonyl (C=O) groups is 2. The van der Waals surface area contributed by atoms with E-state index in [1.165, 1.54) is 7.11 Å². The van der Waals surface area contributed by atoms with Crippen LogP contribution in [-0.2, 0) is 20.9 Å². The summed E-state index contributed by atoms with van der Waals surface area (Å²) < 4.78 is 9.66. The molecule has 0 spiro atoms. The summed E-state index contributed by atoms with van der Waals surface area (Å²) in [4.78, 5) is 23.0. The molecular formula is C14H19NO4. The quantitative estimate of drug-likeness (QED) is 0.801. The number of alkyl carbamates (subject to hydrolysis) is 1. The van der Waals surface area contributed by atoms with E-state index in [1.807, 2.05) is 37.3 Å². The van der Waals surface area contributed by atoms with Crippen molar-refractivity contribution in [1.29, 1.82) is 0 Å². The van der Waals surface area contributed by atoms with Crippen molar-refractivity contribution in [3.63, 3.8) is 0 Å². The van der Waals surface area contributed by atoms with Crippen molar-refractivity contribution in [1.82, 2.24) is 5.32 Å². The number of nitrogens with one attached hydrogen (secondary N) is 1. The van der Waals surface area contributed by atoms with Gasteiger partial charge >= 0.3 is 12.1 Å². The van der Waals surface area contributed by atoms with Gasteiger partial charge < -0.3 is 14.8 Å². The van der Waals surface area contributed by atoms with Gasteiger partial charge in [-0.1, -0.05) is 43.7 Å². The molecule has 19 heavy (non-hydrogen) atoms. The molecule has 1 aromatic carbocycles. The average Bonchev–Trinajstić information content (AvgIpc) is 2.45. The van der Waals surface area contributed by atoms with Gasteiger partial charge in [-0.3, -0.25) is 0 Å². The summed E-state index contributed by atoms with van der Waals surface area (Å²) in [6.45, 7) is 2.10. The molecule has 1 aromatic rings. The number of hydrogen-bond acceptors (Lipinski definition) is 4. The molecule has 0 aliphatic heterocycles. The van der Waals surface area contributed by atoms with Crippen LogP contribution >= 0.6 is 0 Å². The third kappa shape index (κ3) is 5.42. The highest BCUT2D eigenvalue weighted by Crippen LogP contribution is 2.03. The average molecular weight is 265 g/mol. The molecule has 0 aromatic heterocycles. The van der Waals surface area contributed by atoms with E-state index in [4.69, 9.17) is 4.74 Å². The molecule has 0 unspecified atom stereocenters. The van der Waals surface area contributed by atoms with Crippen molar-refractivity contribution in [3.05, 3.63) is 35.9 Å². The van der Waals surface area contributed by atoms with E-state index in [0.717, 1.165) is 12.0 Å². The van der Waals surface area contributed by atoms with E-state index in [2.05, 4.69) is 10.1 Å². The van der Waals surface area contributed by atoms with Crippen LogP contribution in [0.5, 0.6) is 0 Å². The number of esters is 1. The Kier molecular flexibility index (Phi) is 6.43. The van der Waals surface area contributed by atoms with Crippen LogP contribution in [0.1, 0.15) is 25.3 Å². The Hall–Kier alpha value is -2.04. The lowest BCUT2D eigenvalue weighted by atomic mass is 10.2. The zero-order valence-corrected chi connectivity index (χ0v) is 11.2. The van der Waals surface area contributed by atoms with Crippen LogP contribution < -0.4 is 5.32 Å². The molecule has 0 fully saturated rings. The number of benzene rings is 1. The number of hydrogen-bond donors (Lipinski definition) is 1. The van der Waals surface area contributed by atoms with Crippen LogP contribution in [0.15, 0.2) is 30.3 Å². The first-order chi connectivity index (χ1) is 9.17. The second-order valence-corrected chi connectivity index (χ2v) is 4.07. The van der Waals surface area contributed by atoms with Crippen molar-refractivity contribution < 1.29 is 19.1 Å². The molecule has 0 saturated heterocycles. The third-order valence-electron chi connectivity index (χ3n) is 2.57. The highest BCUT2D eigenvalue weighted by atomic mass is 16.6. The van der Waals surface area contributed by atoms with Crippen molar-refractivity contribution in [2.24, 2.45) is 0 Å². The van der Waals surface area contributed by atoms with Crippen molar-refractivity contribution >= 4 is 12.1 Å². The molecule has 1 atom stereocenters. The largest absolute Gasteiger partial charge is 0.467 e. The van der Waals surface area contributed by atoms with E-state index in [9.17, 15) is 9.59 Å². The number of ether oxygens (including phenoxy) is 2. The van der Waals surface area contributed by atoms with Gasteiger partial charge in [0.15, 0.2) is 0 Å². The van der Waals surface area contributed by atoms with Gasteiger partial charge in [0.1, 0.15) is 12.6 Å². The number of carbonyl (C=O) groups excluding carboxylic acids is 2. The Morgan fingerprint density at radius 1 is 1.26 bits per heavy atom. The lowest BCUT2D eigenvalue weighted by Gasteiger charge is -2.15. The Morgan fingerprint density at radius 3 is 2.53 bits per heavy atom. The summed E-state index contributed by atoms with van der Waals surface area (Å²) in [5.74, 6) is -0.460. The molecule has 0 aliphatic carbocycles. The lowest BCUT2D eigenvalue weighted by molar-refractivity contribution is -0.143. The predicted octanol–water partition coefficient (Wildman–Crippen LogP) is 2.25. The predicted molar refractivity (Wildman–Crippen MR) is 70.5 cm³/mol. The van der Waals surface area contributed by atoms with Gasteiger partial charge in [0.2, 0.25) is 0 Å². The zero-order chi connectivity index (χ0) is 14.1. The smallest absolute Gasteiger partial charge is 0.408 e. The molecule has 5 nitrogen and oxygen atoms in total. The molecule has 1 amide bonds. The van der Waals surface area contributed by atoms with Crippen LogP contribution in [-0.4, -0.2) is 25.2 Å². The summed E-state index contributed by atoms with van der Waals surface area (Å²) in [5, 5.41) is 2.50. The molecule has 1 N–H and O–H groups in total. The summed E-state index contributed by atoms with van der Waals surface area (Å²) in [6.07, 6.45) is 0.666. The SMILES string of the molecule is CCC[C@@H](NC(=O)OCc1ccccc1)C(=O)OC. The molecule has 104 valence electrons. The highest BCUT2D eigenvalue weighted by Gasteiger charge is 2.20. The van der Waals surface area contributed by atoms with Gasteiger partial charge in [-0.05, 0) is 12.0 Å². The molecule has 0 saturated carbocycles. The van der Waals surface area contributed by atoms with Gasteiger partial charge in [0, 0.05) is 0 Å². The maximum Gasteiger partial charge on any atom is 0.408 e. The summed E-state index contributed by atoms with van der Waals surface area (Å²) in [6, 6.07) is 8.68. The Bertz CT molecular complexity index is 405. The maximum absolute atomic E-state index is 11.6. The first kappa shape index (κ1) is 15.0. The number of methoxy groups -OCH3 is 1. The fraction of sp³-hybridized carbons (Fsp3) is 0.429. The van der Waals surface area contributed by atoms with Gasteiger partial charge in [-0.15, -0.1) is 0 Å². The Morgan fingerprint density at radius 2 is 1.95 bits per heavy atom. The fourth-order valence-corrected chi connectivity index (χ4v) is 1.59. The molecule has 5 heteroatoms. The van der Waals surface area contributed by atoms with E-state index in [0.29, 0.717) is 6.42 Å². The molecule has 0 aliphatic rings. The summed E-state index contributed by atoms with van der Waals surface area (Å²) >= 11 is 0. The Balaban J connectivity index is 2.42. The van der Waals surface area contributed by atoms with Crippen molar-refractivity contribution in [3.8, 4) is 0 Å². The number of amides is 1. The van der Waals surface area contributed by atoms with Gasteiger partial charge in [0.05, 0.1) is 7.11 Å². The molecule has 0 heterocycles. The van der Waals surface area contributed by atoms with E-state index in [-0.39, 0.29) is 6.61 Å². The van der Waals surface area contributed by atoms with Gasteiger partial charge in [0.25, 0.3) is 0 Å². The zero-order valence-electron chi connectivity index (χ0n) is 11.2. The summed E-state index contributed by atoms with van der Waals surface area (Å²) in [5.41, 5.74) is 0.891. The lowest BCUT2D eigenvalue weighted by Crippen LogP contribution is -2.41. The van der Waals surface area contributed by atoms with E-state index < -0.39 is 18.1 Å². The second-order valence-electron chi connectivity index (χ2n) is 4.07. The minimum Gasteiger partial charge on any atom is -0.467 e. The highest BCUT2D eigenvalue weighted by molar-refractivity contribution is 5.81. The number of rotatable bonds is 6. The minimum absolute atomic E-state index is 0.173. The standard InChI is InChI=1S/C14H19NO4/c1-3-7-12(13(16)18-2)15-14(17)19-10-11-8-5-4-6-9-11/h4-6,8-9,12H,3,7,10H2,1-2H3,(H,15,17)/t12-/m1/s1. The normalized spacial score (nSPS) is 11.5. The third-order valence-corrected chi connectivity index (χ3v) is 2.57. The van der Waals surface area contributed by atoms with Crippen LogP contribution in [0, 0.1) is 0 Å². The van der Waals surface area contributed by atoms with Crippen molar-refractivity contribution in [2.75, 3.05) is 7.11 Å². The van der Waals surface area contributed by atoms with Crippen LogP contribution in [0.25, 0.3) is 0 Å². The van der Waals surface area contributed by atoms with Gasteiger partial charge in [-0.25, -0.2) is 9.59 Å². The molecular weight excluding hydrogens is 246 g/mol. The molecule has 0 radical (unpaired) electrons. The fourth-order valence-electron chi connectivity index (χ4n) is 1.59. The van der Waals surface area contributed by atoms with Crippen LogP contribution in [0.3, 0.4) is 0 Å². The molecule has 1 rings (SSSR count).